The third kappa shape index (κ3) is 5.29. The Morgan fingerprint density at radius 1 is 1.11 bits per heavy atom. The molecule has 1 aromatic heterocycles. The van der Waals surface area contributed by atoms with Crippen molar-refractivity contribution in [1.82, 2.24) is 9.88 Å². The van der Waals surface area contributed by atoms with Gasteiger partial charge in [0.25, 0.3) is 0 Å². The van der Waals surface area contributed by atoms with E-state index < -0.39 is 0 Å². The summed E-state index contributed by atoms with van der Waals surface area (Å²) in [5.74, 6) is -0.161. The Morgan fingerprint density at radius 2 is 1.86 bits per heavy atom. The molecule has 0 bridgehead atoms. The monoisotopic (exact) mass is 411 g/mol. The van der Waals surface area contributed by atoms with Crippen LogP contribution in [0.15, 0.2) is 66.1 Å². The number of anilines is 1. The van der Waals surface area contributed by atoms with Crippen LogP contribution in [0.1, 0.15) is 22.4 Å². The van der Waals surface area contributed by atoms with Crippen molar-refractivity contribution in [2.24, 2.45) is 0 Å². The van der Waals surface area contributed by atoms with E-state index in [2.05, 4.69) is 39.5 Å². The minimum Gasteiger partial charge on any atom is -0.298 e. The predicted molar refractivity (Wildman–Crippen MR) is 118 cm³/mol. The molecule has 3 aromatic rings. The zero-order chi connectivity index (χ0) is 18.5. The Labute approximate surface area is 175 Å². The molecule has 0 fully saturated rings. The number of rotatable bonds is 5. The normalized spacial score (nSPS) is 13.7. The highest BCUT2D eigenvalue weighted by Crippen LogP contribution is 2.22. The van der Waals surface area contributed by atoms with Crippen LogP contribution < -0.4 is 5.32 Å². The van der Waals surface area contributed by atoms with Crippen LogP contribution in [0, 0.1) is 0 Å². The van der Waals surface area contributed by atoms with Crippen LogP contribution in [0.25, 0.3) is 6.08 Å². The van der Waals surface area contributed by atoms with Crippen LogP contribution >= 0.6 is 23.7 Å². The molecule has 1 aliphatic rings. The molecule has 6 heteroatoms. The van der Waals surface area contributed by atoms with E-state index >= 15 is 0 Å². The van der Waals surface area contributed by atoms with E-state index in [-0.39, 0.29) is 18.3 Å². The van der Waals surface area contributed by atoms with Gasteiger partial charge >= 0.3 is 0 Å². The lowest BCUT2D eigenvalue weighted by Crippen LogP contribution is -2.30. The van der Waals surface area contributed by atoms with E-state index in [1.54, 1.807) is 6.08 Å². The highest BCUT2D eigenvalue weighted by Gasteiger charge is 2.17. The minimum absolute atomic E-state index is 0. The number of aromatic nitrogens is 1. The number of halogens is 1. The molecule has 0 atom stereocenters. The summed E-state index contributed by atoms with van der Waals surface area (Å²) in [6.07, 6.45) is 4.42. The Balaban J connectivity index is 0.00000225. The Bertz CT molecular complexity index is 955. The van der Waals surface area contributed by atoms with Gasteiger partial charge in [-0.2, -0.15) is 0 Å². The lowest BCUT2D eigenvalue weighted by molar-refractivity contribution is -0.111. The number of carbonyl (C=O) groups is 1. The van der Waals surface area contributed by atoms with E-state index in [0.717, 1.165) is 37.3 Å². The summed E-state index contributed by atoms with van der Waals surface area (Å²) in [6, 6.07) is 18.4. The van der Waals surface area contributed by atoms with Gasteiger partial charge in [0.05, 0.1) is 5.69 Å². The lowest BCUT2D eigenvalue weighted by Gasteiger charge is -2.27. The number of hydrogen-bond acceptors (Lipinski definition) is 4. The van der Waals surface area contributed by atoms with Crippen LogP contribution in [0.4, 0.5) is 5.13 Å². The second-order valence-corrected chi connectivity index (χ2v) is 7.46. The number of amides is 1. The molecule has 4 nitrogen and oxygen atoms in total. The van der Waals surface area contributed by atoms with Gasteiger partial charge in [-0.15, -0.1) is 23.7 Å². The van der Waals surface area contributed by atoms with Gasteiger partial charge in [-0.3, -0.25) is 15.0 Å². The van der Waals surface area contributed by atoms with E-state index in [1.807, 2.05) is 35.7 Å². The molecule has 2 aromatic carbocycles. The summed E-state index contributed by atoms with van der Waals surface area (Å²) in [7, 11) is 0. The quantitative estimate of drug-likeness (QED) is 0.615. The van der Waals surface area contributed by atoms with Gasteiger partial charge in [0.2, 0.25) is 5.91 Å². The van der Waals surface area contributed by atoms with Crippen LogP contribution in [0.2, 0.25) is 0 Å². The third-order valence-electron chi connectivity index (χ3n) is 4.60. The number of carbonyl (C=O) groups excluding carboxylic acids is 1. The molecule has 0 unspecified atom stereocenters. The number of benzene rings is 2. The molecular formula is C22H22ClN3OS. The molecule has 0 aliphatic carbocycles. The Morgan fingerprint density at radius 3 is 2.68 bits per heavy atom. The second kappa shape index (κ2) is 9.64. The fourth-order valence-corrected chi connectivity index (χ4v) is 3.94. The SMILES string of the molecule is Cl.O=C(/C=C/c1ccccc1)Nc1nc(CN2CCc3ccccc3C2)cs1. The van der Waals surface area contributed by atoms with E-state index in [4.69, 9.17) is 0 Å². The summed E-state index contributed by atoms with van der Waals surface area (Å²) in [5, 5.41) is 5.52. The van der Waals surface area contributed by atoms with Crippen LogP contribution in [-0.2, 0) is 24.3 Å². The standard InChI is InChI=1S/C22H21N3OS.ClH/c26-21(11-10-17-6-2-1-3-7-17)24-22-23-20(16-27-22)15-25-13-12-18-8-4-5-9-19(18)14-25;/h1-11,16H,12-15H2,(H,23,24,26);1H/b11-10+;. The van der Waals surface area contributed by atoms with Crippen molar-refractivity contribution in [1.29, 1.82) is 0 Å². The molecule has 1 aliphatic heterocycles. The van der Waals surface area contributed by atoms with Gasteiger partial charge in [-0.1, -0.05) is 54.6 Å². The first-order valence-corrected chi connectivity index (χ1v) is 9.92. The van der Waals surface area contributed by atoms with Crippen molar-refractivity contribution in [3.05, 3.63) is 88.4 Å². The molecular weight excluding hydrogens is 390 g/mol. The smallest absolute Gasteiger partial charge is 0.250 e. The molecule has 2 heterocycles. The number of thiazole rings is 1. The topological polar surface area (TPSA) is 45.2 Å². The summed E-state index contributed by atoms with van der Waals surface area (Å²) in [5.41, 5.74) is 4.85. The first-order chi connectivity index (χ1) is 13.3. The highest BCUT2D eigenvalue weighted by molar-refractivity contribution is 7.13. The minimum atomic E-state index is -0.161. The van der Waals surface area contributed by atoms with Crippen LogP contribution in [0.5, 0.6) is 0 Å². The molecule has 4 rings (SSSR count). The molecule has 144 valence electrons. The average molecular weight is 412 g/mol. The van der Waals surface area contributed by atoms with Gasteiger partial charge in [-0.25, -0.2) is 4.98 Å². The molecule has 0 radical (unpaired) electrons. The fraction of sp³-hybridized carbons (Fsp3) is 0.182. The number of hydrogen-bond donors (Lipinski definition) is 1. The van der Waals surface area contributed by atoms with Gasteiger partial charge in [0.1, 0.15) is 0 Å². The van der Waals surface area contributed by atoms with E-state index in [1.165, 1.54) is 28.5 Å². The number of nitrogens with zero attached hydrogens (tertiary/aromatic N) is 2. The number of fused-ring (bicyclic) bond motifs is 1. The summed E-state index contributed by atoms with van der Waals surface area (Å²) >= 11 is 1.47. The van der Waals surface area contributed by atoms with Crippen molar-refractivity contribution in [3.8, 4) is 0 Å². The molecule has 1 amide bonds. The van der Waals surface area contributed by atoms with E-state index in [0.29, 0.717) is 5.13 Å². The molecule has 0 spiro atoms. The summed E-state index contributed by atoms with van der Waals surface area (Å²) in [4.78, 5) is 19.0. The zero-order valence-electron chi connectivity index (χ0n) is 15.4. The average Bonchev–Trinajstić information content (AvgIpc) is 3.14. The maximum absolute atomic E-state index is 12.1. The summed E-state index contributed by atoms with van der Waals surface area (Å²) < 4.78 is 0. The maximum Gasteiger partial charge on any atom is 0.250 e. The molecule has 0 saturated carbocycles. The lowest BCUT2D eigenvalue weighted by atomic mass is 10.00. The Kier molecular flexibility index (Phi) is 6.98. The van der Waals surface area contributed by atoms with Crippen molar-refractivity contribution < 1.29 is 4.79 Å². The van der Waals surface area contributed by atoms with Gasteiger partial charge in [-0.05, 0) is 29.2 Å². The van der Waals surface area contributed by atoms with Crippen molar-refractivity contribution in [2.75, 3.05) is 11.9 Å². The Hall–Kier alpha value is -2.47. The molecule has 0 saturated heterocycles. The number of nitrogens with one attached hydrogen (secondary N) is 1. The first-order valence-electron chi connectivity index (χ1n) is 9.04. The van der Waals surface area contributed by atoms with Crippen LogP contribution in [-0.4, -0.2) is 22.3 Å². The van der Waals surface area contributed by atoms with E-state index in [9.17, 15) is 4.79 Å². The second-order valence-electron chi connectivity index (χ2n) is 6.61. The van der Waals surface area contributed by atoms with Crippen LogP contribution in [0.3, 0.4) is 0 Å². The van der Waals surface area contributed by atoms with Gasteiger partial charge in [0, 0.05) is 31.1 Å². The highest BCUT2D eigenvalue weighted by atomic mass is 35.5. The summed E-state index contributed by atoms with van der Waals surface area (Å²) in [6.45, 7) is 2.80. The van der Waals surface area contributed by atoms with Crippen molar-refractivity contribution in [3.63, 3.8) is 0 Å². The first kappa shape index (κ1) is 20.3. The predicted octanol–water partition coefficient (Wildman–Crippen LogP) is 4.78. The van der Waals surface area contributed by atoms with Gasteiger partial charge < -0.3 is 0 Å². The largest absolute Gasteiger partial charge is 0.298 e. The zero-order valence-corrected chi connectivity index (χ0v) is 17.0. The molecule has 1 N–H and O–H groups in total. The maximum atomic E-state index is 12.1. The molecule has 28 heavy (non-hydrogen) atoms. The van der Waals surface area contributed by atoms with Gasteiger partial charge in [0.15, 0.2) is 5.13 Å². The third-order valence-corrected chi connectivity index (χ3v) is 5.41. The fourth-order valence-electron chi connectivity index (χ4n) is 3.24. The van der Waals surface area contributed by atoms with Crippen molar-refractivity contribution in [2.45, 2.75) is 19.5 Å². The van der Waals surface area contributed by atoms with Crippen molar-refractivity contribution >= 4 is 40.9 Å².